The molecule has 1 N–H and O–H groups in total. The molecule has 9 nitrogen and oxygen atoms in total. The Labute approximate surface area is 102 Å². The molecule has 0 radical (unpaired) electrons. The van der Waals surface area contributed by atoms with Gasteiger partial charge in [-0.3, -0.25) is 0 Å². The van der Waals surface area contributed by atoms with Gasteiger partial charge in [0.05, 0.1) is 19.3 Å². The summed E-state index contributed by atoms with van der Waals surface area (Å²) in [6.45, 7) is 2.32. The largest absolute Gasteiger partial charge is 0.390 e. The van der Waals surface area contributed by atoms with E-state index < -0.39 is 4.92 Å². The third-order valence-corrected chi connectivity index (χ3v) is 2.52. The summed E-state index contributed by atoms with van der Waals surface area (Å²) in [6.07, 6.45) is 2.83. The van der Waals surface area contributed by atoms with Crippen LogP contribution in [0.25, 0.3) is 0 Å². The van der Waals surface area contributed by atoms with Gasteiger partial charge in [-0.25, -0.2) is 14.2 Å². The summed E-state index contributed by atoms with van der Waals surface area (Å²) in [5.74, 6) is 0.527. The SMILES string of the molecule is Cc1ncc([N+](=O)[O-])n1CCn1cc(CO)nn1. The highest BCUT2D eigenvalue weighted by molar-refractivity contribution is 5.18. The van der Waals surface area contributed by atoms with Crippen molar-refractivity contribution in [3.8, 4) is 0 Å². The van der Waals surface area contributed by atoms with Crippen LogP contribution in [0.1, 0.15) is 11.5 Å². The topological polar surface area (TPSA) is 112 Å². The maximum absolute atomic E-state index is 10.8. The summed E-state index contributed by atoms with van der Waals surface area (Å²) in [6, 6.07) is 0. The van der Waals surface area contributed by atoms with Gasteiger partial charge < -0.3 is 15.2 Å². The average molecular weight is 252 g/mol. The Hall–Kier alpha value is -2.29. The Kier molecular flexibility index (Phi) is 3.33. The Morgan fingerprint density at radius 2 is 2.28 bits per heavy atom. The van der Waals surface area contributed by atoms with Crippen molar-refractivity contribution in [1.82, 2.24) is 24.5 Å². The Balaban J connectivity index is 2.10. The lowest BCUT2D eigenvalue weighted by Crippen LogP contribution is -2.11. The van der Waals surface area contributed by atoms with Crippen LogP contribution in [-0.4, -0.2) is 34.6 Å². The van der Waals surface area contributed by atoms with Crippen LogP contribution < -0.4 is 0 Å². The lowest BCUT2D eigenvalue weighted by atomic mass is 10.5. The second kappa shape index (κ2) is 4.92. The minimum Gasteiger partial charge on any atom is -0.390 e. The van der Waals surface area contributed by atoms with Crippen molar-refractivity contribution in [2.24, 2.45) is 0 Å². The molecule has 0 aromatic carbocycles. The van der Waals surface area contributed by atoms with Gasteiger partial charge in [-0.2, -0.15) is 0 Å². The minimum atomic E-state index is -0.472. The number of aliphatic hydroxyl groups is 1. The summed E-state index contributed by atoms with van der Waals surface area (Å²) in [4.78, 5) is 14.2. The Morgan fingerprint density at radius 3 is 2.89 bits per heavy atom. The highest BCUT2D eigenvalue weighted by Crippen LogP contribution is 2.13. The van der Waals surface area contributed by atoms with E-state index in [0.717, 1.165) is 0 Å². The van der Waals surface area contributed by atoms with Gasteiger partial charge in [-0.15, -0.1) is 5.10 Å². The molecular formula is C9H12N6O3. The lowest BCUT2D eigenvalue weighted by Gasteiger charge is -2.02. The number of nitro groups is 1. The van der Waals surface area contributed by atoms with Crippen molar-refractivity contribution in [3.05, 3.63) is 34.0 Å². The van der Waals surface area contributed by atoms with Gasteiger partial charge in [0.25, 0.3) is 0 Å². The van der Waals surface area contributed by atoms with Gasteiger partial charge in [0.15, 0.2) is 5.82 Å². The van der Waals surface area contributed by atoms with Crippen LogP contribution in [0.4, 0.5) is 5.82 Å². The zero-order chi connectivity index (χ0) is 13.1. The second-order valence-corrected chi connectivity index (χ2v) is 3.70. The lowest BCUT2D eigenvalue weighted by molar-refractivity contribution is -0.392. The van der Waals surface area contributed by atoms with Crippen LogP contribution in [0.3, 0.4) is 0 Å². The molecule has 0 saturated heterocycles. The molecule has 0 unspecified atom stereocenters. The Bertz CT molecular complexity index is 560. The molecule has 0 aliphatic rings. The standard InChI is InChI=1S/C9H12N6O3/c1-7-10-4-9(15(17)18)14(7)3-2-13-5-8(6-16)11-12-13/h4-5,16H,2-3,6H2,1H3. The van der Waals surface area contributed by atoms with Crippen molar-refractivity contribution in [3.63, 3.8) is 0 Å². The zero-order valence-electron chi connectivity index (χ0n) is 9.72. The molecule has 0 atom stereocenters. The van der Waals surface area contributed by atoms with Crippen LogP contribution in [0.5, 0.6) is 0 Å². The average Bonchev–Trinajstić information content (AvgIpc) is 2.93. The molecule has 96 valence electrons. The molecule has 0 aliphatic heterocycles. The van der Waals surface area contributed by atoms with Gasteiger partial charge in [0.1, 0.15) is 18.4 Å². The third-order valence-electron chi connectivity index (χ3n) is 2.52. The summed E-state index contributed by atoms with van der Waals surface area (Å²) in [5.41, 5.74) is 0.465. The number of hydrogen-bond acceptors (Lipinski definition) is 6. The molecule has 2 aromatic rings. The molecule has 0 aliphatic carbocycles. The summed E-state index contributed by atoms with van der Waals surface area (Å²) in [5, 5.41) is 27.1. The number of nitrogens with zero attached hydrogens (tertiary/aromatic N) is 6. The van der Waals surface area contributed by atoms with E-state index >= 15 is 0 Å². The summed E-state index contributed by atoms with van der Waals surface area (Å²) < 4.78 is 3.02. The normalized spacial score (nSPS) is 10.8. The number of aromatic nitrogens is 5. The molecule has 0 spiro atoms. The summed E-state index contributed by atoms with van der Waals surface area (Å²) in [7, 11) is 0. The van der Waals surface area contributed by atoms with Gasteiger partial charge in [0, 0.05) is 6.92 Å². The maximum Gasteiger partial charge on any atom is 0.342 e. The van der Waals surface area contributed by atoms with Crippen LogP contribution in [0, 0.1) is 17.0 Å². The predicted octanol–water partition coefficient (Wildman–Crippen LogP) is -0.116. The fraction of sp³-hybridized carbons (Fsp3) is 0.444. The van der Waals surface area contributed by atoms with Crippen molar-refractivity contribution in [2.75, 3.05) is 0 Å². The predicted molar refractivity (Wildman–Crippen MR) is 59.6 cm³/mol. The van der Waals surface area contributed by atoms with E-state index in [4.69, 9.17) is 5.11 Å². The number of aliphatic hydroxyl groups excluding tert-OH is 1. The van der Waals surface area contributed by atoms with Crippen LogP contribution in [-0.2, 0) is 19.7 Å². The highest BCUT2D eigenvalue weighted by Gasteiger charge is 2.17. The van der Waals surface area contributed by atoms with E-state index in [2.05, 4.69) is 15.3 Å². The fourth-order valence-corrected chi connectivity index (χ4v) is 1.60. The van der Waals surface area contributed by atoms with Gasteiger partial charge in [-0.1, -0.05) is 5.21 Å². The number of imidazole rings is 1. The zero-order valence-corrected chi connectivity index (χ0v) is 9.72. The number of hydrogen-bond donors (Lipinski definition) is 1. The Morgan fingerprint density at radius 1 is 1.50 bits per heavy atom. The van der Waals surface area contributed by atoms with Crippen molar-refractivity contribution in [1.29, 1.82) is 0 Å². The molecular weight excluding hydrogens is 240 g/mol. The van der Waals surface area contributed by atoms with E-state index in [-0.39, 0.29) is 12.4 Å². The molecule has 0 amide bonds. The minimum absolute atomic E-state index is 0.0463. The number of aryl methyl sites for hydroxylation is 2. The monoisotopic (exact) mass is 252 g/mol. The van der Waals surface area contributed by atoms with Crippen LogP contribution in [0.2, 0.25) is 0 Å². The van der Waals surface area contributed by atoms with E-state index in [1.165, 1.54) is 15.4 Å². The first-order chi connectivity index (χ1) is 8.61. The van der Waals surface area contributed by atoms with Gasteiger partial charge >= 0.3 is 5.82 Å². The van der Waals surface area contributed by atoms with Gasteiger partial charge in [-0.05, 0) is 4.92 Å². The smallest absolute Gasteiger partial charge is 0.342 e. The van der Waals surface area contributed by atoms with Crippen molar-refractivity contribution < 1.29 is 10.0 Å². The van der Waals surface area contributed by atoms with E-state index in [1.54, 1.807) is 13.1 Å². The first-order valence-electron chi connectivity index (χ1n) is 5.28. The first-order valence-corrected chi connectivity index (χ1v) is 5.28. The molecule has 2 heterocycles. The summed E-state index contributed by atoms with van der Waals surface area (Å²) >= 11 is 0. The van der Waals surface area contributed by atoms with E-state index in [0.29, 0.717) is 24.6 Å². The van der Waals surface area contributed by atoms with Crippen LogP contribution in [0.15, 0.2) is 12.4 Å². The number of rotatable bonds is 5. The molecule has 0 bridgehead atoms. The van der Waals surface area contributed by atoms with E-state index in [1.807, 2.05) is 0 Å². The van der Waals surface area contributed by atoms with Crippen molar-refractivity contribution >= 4 is 5.82 Å². The molecule has 18 heavy (non-hydrogen) atoms. The molecule has 2 rings (SSSR count). The van der Waals surface area contributed by atoms with Gasteiger partial charge in [0.2, 0.25) is 0 Å². The molecule has 9 heteroatoms. The van der Waals surface area contributed by atoms with Crippen molar-refractivity contribution in [2.45, 2.75) is 26.6 Å². The highest BCUT2D eigenvalue weighted by atomic mass is 16.6. The van der Waals surface area contributed by atoms with E-state index in [9.17, 15) is 10.1 Å². The molecule has 0 saturated carbocycles. The molecule has 2 aromatic heterocycles. The first kappa shape index (κ1) is 12.2. The second-order valence-electron chi connectivity index (χ2n) is 3.70. The van der Waals surface area contributed by atoms with Crippen LogP contribution >= 0.6 is 0 Å². The maximum atomic E-state index is 10.8. The third kappa shape index (κ3) is 2.35. The quantitative estimate of drug-likeness (QED) is 0.586. The fourth-order valence-electron chi connectivity index (χ4n) is 1.60. The molecule has 0 fully saturated rings.